The molecule has 0 spiro atoms. The Morgan fingerprint density at radius 1 is 1.71 bits per heavy atom. The molecular weight excluding hydrogens is 218 g/mol. The summed E-state index contributed by atoms with van der Waals surface area (Å²) in [6.07, 6.45) is 1.65. The summed E-state index contributed by atoms with van der Waals surface area (Å²) in [4.78, 5) is 11.9. The maximum Gasteiger partial charge on any atom is 0.245 e. The maximum absolute atomic E-state index is 11.9. The first kappa shape index (κ1) is 11.6. The Labute approximate surface area is 99.6 Å². The Kier molecular flexibility index (Phi) is 2.86. The van der Waals surface area contributed by atoms with Crippen molar-refractivity contribution in [3.05, 3.63) is 12.3 Å². The molecule has 1 fully saturated rings. The third-order valence-electron chi connectivity index (χ3n) is 2.86. The molecule has 1 aliphatic rings. The second kappa shape index (κ2) is 4.18. The highest BCUT2D eigenvalue weighted by Gasteiger charge is 2.29. The molecule has 1 aromatic heterocycles. The Morgan fingerprint density at radius 3 is 2.94 bits per heavy atom. The van der Waals surface area contributed by atoms with E-state index in [-0.39, 0.29) is 11.9 Å². The van der Waals surface area contributed by atoms with Gasteiger partial charge in [-0.2, -0.15) is 10.4 Å². The number of nitrogens with one attached hydrogen (secondary N) is 2. The van der Waals surface area contributed by atoms with Gasteiger partial charge in [0.25, 0.3) is 0 Å². The van der Waals surface area contributed by atoms with Crippen LogP contribution in [0.5, 0.6) is 0 Å². The van der Waals surface area contributed by atoms with E-state index in [0.717, 1.165) is 13.1 Å². The van der Waals surface area contributed by atoms with E-state index in [4.69, 9.17) is 5.26 Å². The summed E-state index contributed by atoms with van der Waals surface area (Å²) in [6.45, 7) is 4.89. The van der Waals surface area contributed by atoms with Crippen LogP contribution in [0.4, 0.5) is 5.82 Å². The zero-order chi connectivity index (χ0) is 12.5. The number of amides is 1. The molecule has 1 amide bonds. The van der Waals surface area contributed by atoms with Gasteiger partial charge in [0, 0.05) is 19.2 Å². The number of anilines is 1. The van der Waals surface area contributed by atoms with Crippen molar-refractivity contribution in [2.75, 3.05) is 18.4 Å². The highest BCUT2D eigenvalue weighted by Crippen LogP contribution is 2.21. The second-order valence-corrected chi connectivity index (χ2v) is 4.66. The summed E-state index contributed by atoms with van der Waals surface area (Å²) in [7, 11) is 0. The van der Waals surface area contributed by atoms with Crippen LogP contribution < -0.4 is 10.6 Å². The number of carbonyl (C=O) groups is 1. The molecule has 17 heavy (non-hydrogen) atoms. The fraction of sp³-hybridized carbons (Fsp3) is 0.545. The quantitative estimate of drug-likeness (QED) is 0.797. The molecule has 0 saturated carbocycles. The average molecular weight is 233 g/mol. The van der Waals surface area contributed by atoms with Crippen LogP contribution in [0.1, 0.15) is 19.9 Å². The van der Waals surface area contributed by atoms with Crippen LogP contribution in [-0.2, 0) is 4.79 Å². The van der Waals surface area contributed by atoms with Gasteiger partial charge in [0.1, 0.15) is 11.2 Å². The summed E-state index contributed by atoms with van der Waals surface area (Å²) in [5, 5.41) is 19.0. The first-order valence-corrected chi connectivity index (χ1v) is 5.51. The number of carbonyl (C=O) groups excluding carboxylic acids is 1. The van der Waals surface area contributed by atoms with E-state index in [9.17, 15) is 4.79 Å². The number of nitrogens with zero attached hydrogens (tertiary/aromatic N) is 3. The molecule has 0 radical (unpaired) electrons. The highest BCUT2D eigenvalue weighted by atomic mass is 16.2. The lowest BCUT2D eigenvalue weighted by molar-refractivity contribution is -0.121. The van der Waals surface area contributed by atoms with Crippen LogP contribution in [-0.4, -0.2) is 28.8 Å². The fourth-order valence-corrected chi connectivity index (χ4v) is 1.47. The van der Waals surface area contributed by atoms with E-state index < -0.39 is 5.41 Å². The SMILES string of the molecule is CC(C)(C#N)C(=O)Nc1ccnn1C1CNC1. The number of hydrogen-bond acceptors (Lipinski definition) is 4. The minimum absolute atomic E-state index is 0.283. The van der Waals surface area contributed by atoms with Crippen molar-refractivity contribution in [1.29, 1.82) is 5.26 Å². The fourth-order valence-electron chi connectivity index (χ4n) is 1.47. The molecule has 2 rings (SSSR count). The van der Waals surface area contributed by atoms with Crippen LogP contribution in [0.25, 0.3) is 0 Å². The number of aromatic nitrogens is 2. The van der Waals surface area contributed by atoms with Crippen LogP contribution >= 0.6 is 0 Å². The summed E-state index contributed by atoms with van der Waals surface area (Å²) in [6, 6.07) is 4.00. The van der Waals surface area contributed by atoms with Gasteiger partial charge < -0.3 is 10.6 Å². The Balaban J connectivity index is 2.12. The standard InChI is InChI=1S/C11H15N5O/c1-11(2,7-12)10(17)15-9-3-4-14-16(9)8-5-13-6-8/h3-4,8,13H,5-6H2,1-2H3,(H,15,17). The van der Waals surface area contributed by atoms with E-state index in [1.165, 1.54) is 0 Å². The van der Waals surface area contributed by atoms with E-state index in [1.807, 2.05) is 6.07 Å². The monoisotopic (exact) mass is 233 g/mol. The molecular formula is C11H15N5O. The Bertz CT molecular complexity index is 466. The molecule has 0 atom stereocenters. The first-order valence-electron chi connectivity index (χ1n) is 5.51. The van der Waals surface area contributed by atoms with Gasteiger partial charge in [-0.3, -0.25) is 4.79 Å². The van der Waals surface area contributed by atoms with Gasteiger partial charge in [-0.1, -0.05) is 0 Å². The summed E-state index contributed by atoms with van der Waals surface area (Å²) < 4.78 is 1.78. The summed E-state index contributed by atoms with van der Waals surface area (Å²) >= 11 is 0. The van der Waals surface area contributed by atoms with Crippen molar-refractivity contribution in [3.63, 3.8) is 0 Å². The largest absolute Gasteiger partial charge is 0.312 e. The second-order valence-electron chi connectivity index (χ2n) is 4.66. The van der Waals surface area contributed by atoms with Crippen LogP contribution in [0.15, 0.2) is 12.3 Å². The Morgan fingerprint density at radius 2 is 2.41 bits per heavy atom. The Hall–Kier alpha value is -1.87. The number of rotatable bonds is 3. The van der Waals surface area contributed by atoms with Gasteiger partial charge in [-0.15, -0.1) is 0 Å². The van der Waals surface area contributed by atoms with Gasteiger partial charge in [0.15, 0.2) is 0 Å². The van der Waals surface area contributed by atoms with Gasteiger partial charge >= 0.3 is 0 Å². The normalized spacial score (nSPS) is 16.1. The van der Waals surface area contributed by atoms with Crippen molar-refractivity contribution in [3.8, 4) is 6.07 Å². The molecule has 2 N–H and O–H groups in total. The molecule has 0 unspecified atom stereocenters. The lowest BCUT2D eigenvalue weighted by atomic mass is 9.95. The van der Waals surface area contributed by atoms with Gasteiger partial charge in [-0.05, 0) is 13.8 Å². The minimum atomic E-state index is -1.03. The predicted octanol–water partition coefficient (Wildman–Crippen LogP) is 0.516. The van der Waals surface area contributed by atoms with Gasteiger partial charge in [0.05, 0.1) is 18.3 Å². The zero-order valence-corrected chi connectivity index (χ0v) is 9.90. The maximum atomic E-state index is 11.9. The minimum Gasteiger partial charge on any atom is -0.312 e. The van der Waals surface area contributed by atoms with E-state index in [0.29, 0.717) is 5.82 Å². The molecule has 90 valence electrons. The first-order chi connectivity index (χ1) is 8.04. The van der Waals surface area contributed by atoms with E-state index in [2.05, 4.69) is 15.7 Å². The third-order valence-corrected chi connectivity index (χ3v) is 2.86. The molecule has 0 aliphatic carbocycles. The number of nitriles is 1. The lowest BCUT2D eigenvalue weighted by Gasteiger charge is -2.29. The van der Waals surface area contributed by atoms with Gasteiger partial charge in [-0.25, -0.2) is 4.68 Å². The van der Waals surface area contributed by atoms with Gasteiger partial charge in [0.2, 0.25) is 5.91 Å². The lowest BCUT2D eigenvalue weighted by Crippen LogP contribution is -2.44. The molecule has 1 saturated heterocycles. The van der Waals surface area contributed by atoms with Crippen molar-refractivity contribution in [1.82, 2.24) is 15.1 Å². The molecule has 0 bridgehead atoms. The van der Waals surface area contributed by atoms with Crippen LogP contribution in [0.2, 0.25) is 0 Å². The molecule has 1 aromatic rings. The van der Waals surface area contributed by atoms with Crippen molar-refractivity contribution >= 4 is 11.7 Å². The average Bonchev–Trinajstić information content (AvgIpc) is 2.64. The van der Waals surface area contributed by atoms with Crippen LogP contribution in [0, 0.1) is 16.7 Å². The zero-order valence-electron chi connectivity index (χ0n) is 9.90. The highest BCUT2D eigenvalue weighted by molar-refractivity contribution is 5.95. The van der Waals surface area contributed by atoms with Crippen molar-refractivity contribution in [2.24, 2.45) is 5.41 Å². The van der Waals surface area contributed by atoms with Crippen molar-refractivity contribution in [2.45, 2.75) is 19.9 Å². The predicted molar refractivity (Wildman–Crippen MR) is 62.2 cm³/mol. The number of hydrogen-bond donors (Lipinski definition) is 2. The van der Waals surface area contributed by atoms with E-state index in [1.54, 1.807) is 30.8 Å². The molecule has 6 nitrogen and oxygen atoms in total. The van der Waals surface area contributed by atoms with Crippen LogP contribution in [0.3, 0.4) is 0 Å². The molecule has 0 aromatic carbocycles. The molecule has 2 heterocycles. The molecule has 1 aliphatic heterocycles. The smallest absolute Gasteiger partial charge is 0.245 e. The third kappa shape index (κ3) is 2.15. The summed E-state index contributed by atoms with van der Waals surface area (Å²) in [5.74, 6) is 0.332. The molecule has 6 heteroatoms. The summed E-state index contributed by atoms with van der Waals surface area (Å²) in [5.41, 5.74) is -1.03. The van der Waals surface area contributed by atoms with E-state index >= 15 is 0 Å². The van der Waals surface area contributed by atoms with Crippen molar-refractivity contribution < 1.29 is 4.79 Å². The topological polar surface area (TPSA) is 82.7 Å².